The van der Waals surface area contributed by atoms with E-state index in [4.69, 9.17) is 10.7 Å². The van der Waals surface area contributed by atoms with Crippen LogP contribution in [0.1, 0.15) is 24.5 Å². The summed E-state index contributed by atoms with van der Waals surface area (Å²) in [4.78, 5) is 18.9. The van der Waals surface area contributed by atoms with Crippen LogP contribution in [-0.4, -0.2) is 38.3 Å². The summed E-state index contributed by atoms with van der Waals surface area (Å²) in [6.45, 7) is 4.95. The summed E-state index contributed by atoms with van der Waals surface area (Å²) < 4.78 is 21.3. The minimum Gasteiger partial charge on any atom is -0.381 e. The Morgan fingerprint density at radius 2 is 2.03 bits per heavy atom. The van der Waals surface area contributed by atoms with Gasteiger partial charge in [0, 0.05) is 42.7 Å². The molecule has 0 spiro atoms. The van der Waals surface area contributed by atoms with Crippen LogP contribution in [0.15, 0.2) is 53.4 Å². The molecule has 164 valence electrons. The number of aryl methyl sites for hydroxylation is 1. The number of benzene rings is 2. The topological polar surface area (TPSA) is 112 Å². The van der Waals surface area contributed by atoms with Crippen LogP contribution in [0.25, 0.3) is 10.9 Å². The van der Waals surface area contributed by atoms with E-state index in [1.807, 2.05) is 50.2 Å². The summed E-state index contributed by atoms with van der Waals surface area (Å²) in [6.07, 6.45) is 0.225. The molecule has 0 radical (unpaired) electrons. The number of hydrogen-bond acceptors (Lipinski definition) is 6. The summed E-state index contributed by atoms with van der Waals surface area (Å²) in [5.74, 6) is 0.638. The third kappa shape index (κ3) is 4.61. The first-order chi connectivity index (χ1) is 14.7. The number of primary amides is 1. The first-order valence-electron chi connectivity index (χ1n) is 10.3. The van der Waals surface area contributed by atoms with E-state index < -0.39 is 10.6 Å². The minimum absolute atomic E-state index is 0.131. The average Bonchev–Trinajstić information content (AvgIpc) is 2.84. The Balaban J connectivity index is 1.76. The second kappa shape index (κ2) is 8.37. The van der Waals surface area contributed by atoms with Crippen molar-refractivity contribution in [1.29, 1.82) is 0 Å². The zero-order valence-corrected chi connectivity index (χ0v) is 18.5. The number of nitrogens with zero attached hydrogens (tertiary/aromatic N) is 2. The lowest BCUT2D eigenvalue weighted by atomic mass is 10.1. The van der Waals surface area contributed by atoms with Crippen LogP contribution in [0.3, 0.4) is 0 Å². The molecule has 1 amide bonds. The Hall–Kier alpha value is -2.81. The molecular weight excluding hydrogens is 412 g/mol. The summed E-state index contributed by atoms with van der Waals surface area (Å²) >= 11 is 0. The maximum absolute atomic E-state index is 11.4. The summed E-state index contributed by atoms with van der Waals surface area (Å²) in [5, 5.41) is 4.38. The number of hydrogen-bond donors (Lipinski definition) is 4. The van der Waals surface area contributed by atoms with Crippen molar-refractivity contribution in [1.82, 2.24) is 4.98 Å². The second-order valence-corrected chi connectivity index (χ2v) is 10.3. The molecule has 0 aliphatic carbocycles. The number of anilines is 2. The molecule has 0 fully saturated rings. The largest absolute Gasteiger partial charge is 0.381 e. The van der Waals surface area contributed by atoms with Crippen LogP contribution in [0.5, 0.6) is 0 Å². The molecule has 4 rings (SSSR count). The zero-order valence-electron chi connectivity index (χ0n) is 17.7. The van der Waals surface area contributed by atoms with E-state index in [-0.39, 0.29) is 24.1 Å². The smallest absolute Gasteiger partial charge is 0.219 e. The average molecular weight is 441 g/mol. The highest BCUT2D eigenvalue weighted by molar-refractivity contribution is 8.24. The van der Waals surface area contributed by atoms with E-state index in [0.717, 1.165) is 33.5 Å². The normalized spacial score (nSPS) is 17.5. The van der Waals surface area contributed by atoms with Gasteiger partial charge in [0.25, 0.3) is 0 Å². The fourth-order valence-corrected chi connectivity index (χ4v) is 5.55. The van der Waals surface area contributed by atoms with Crippen molar-refractivity contribution in [3.8, 4) is 0 Å². The Labute approximate surface area is 183 Å². The molecule has 8 heteroatoms. The lowest BCUT2D eigenvalue weighted by molar-refractivity contribution is -0.118. The molecule has 1 unspecified atom stereocenters. The molecule has 1 aliphatic rings. The predicted molar refractivity (Wildman–Crippen MR) is 127 cm³/mol. The number of fused-ring (bicyclic) bond motifs is 2. The first-order valence-corrected chi connectivity index (χ1v) is 12.0. The molecule has 5 N–H and O–H groups in total. The Kier molecular flexibility index (Phi) is 5.79. The SMILES string of the molecule is Cc1ccc2nc(N3CCS(O)(O)c4ccccc4C3)cc(NC(C)CC(N)=O)c2c1. The lowest BCUT2D eigenvalue weighted by Gasteiger charge is -2.32. The molecule has 1 aromatic heterocycles. The molecule has 0 saturated heterocycles. The van der Waals surface area contributed by atoms with Crippen LogP contribution >= 0.6 is 10.6 Å². The Morgan fingerprint density at radius 3 is 2.81 bits per heavy atom. The molecule has 0 saturated carbocycles. The molecule has 3 aromatic rings. The van der Waals surface area contributed by atoms with Gasteiger partial charge in [-0.3, -0.25) is 13.9 Å². The van der Waals surface area contributed by atoms with Crippen molar-refractivity contribution in [2.75, 3.05) is 22.5 Å². The zero-order chi connectivity index (χ0) is 22.2. The van der Waals surface area contributed by atoms with Crippen molar-refractivity contribution in [3.63, 3.8) is 0 Å². The Bertz CT molecular complexity index is 1140. The maximum atomic E-state index is 11.4. The molecule has 2 aromatic carbocycles. The van der Waals surface area contributed by atoms with E-state index >= 15 is 0 Å². The van der Waals surface area contributed by atoms with E-state index in [9.17, 15) is 13.9 Å². The van der Waals surface area contributed by atoms with Crippen molar-refractivity contribution < 1.29 is 13.9 Å². The number of amides is 1. The number of carbonyl (C=O) groups is 1. The molecule has 0 bridgehead atoms. The fraction of sp³-hybridized carbons (Fsp3) is 0.304. The third-order valence-electron chi connectivity index (χ3n) is 5.52. The number of carbonyl (C=O) groups excluding carboxylic acids is 1. The maximum Gasteiger partial charge on any atom is 0.219 e. The molecule has 1 atom stereocenters. The molecule has 2 heterocycles. The summed E-state index contributed by atoms with van der Waals surface area (Å²) in [5.41, 5.74) is 9.09. The van der Waals surface area contributed by atoms with Gasteiger partial charge < -0.3 is 16.0 Å². The van der Waals surface area contributed by atoms with Crippen LogP contribution in [0.4, 0.5) is 11.5 Å². The third-order valence-corrected chi connectivity index (χ3v) is 7.37. The summed E-state index contributed by atoms with van der Waals surface area (Å²) in [6, 6.07) is 15.4. The van der Waals surface area contributed by atoms with Gasteiger partial charge in [-0.2, -0.15) is 10.6 Å². The second-order valence-electron chi connectivity index (χ2n) is 8.16. The fourth-order valence-electron chi connectivity index (χ4n) is 4.01. The van der Waals surface area contributed by atoms with Crippen LogP contribution < -0.4 is 16.0 Å². The van der Waals surface area contributed by atoms with Gasteiger partial charge >= 0.3 is 0 Å². The number of nitrogens with two attached hydrogens (primary N) is 1. The number of nitrogens with one attached hydrogen (secondary N) is 1. The minimum atomic E-state index is -2.85. The van der Waals surface area contributed by atoms with Crippen molar-refractivity contribution >= 4 is 38.9 Å². The van der Waals surface area contributed by atoms with Crippen molar-refractivity contribution in [2.45, 2.75) is 37.8 Å². The van der Waals surface area contributed by atoms with Gasteiger partial charge in [-0.15, -0.1) is 0 Å². The molecule has 1 aliphatic heterocycles. The van der Waals surface area contributed by atoms with Gasteiger partial charge in [0.1, 0.15) is 5.82 Å². The molecule has 31 heavy (non-hydrogen) atoms. The number of aromatic nitrogens is 1. The van der Waals surface area contributed by atoms with Gasteiger partial charge in [-0.1, -0.05) is 29.8 Å². The van der Waals surface area contributed by atoms with E-state index in [2.05, 4.69) is 16.3 Å². The molecular formula is C23H28N4O3S. The van der Waals surface area contributed by atoms with E-state index in [1.54, 1.807) is 6.07 Å². The van der Waals surface area contributed by atoms with E-state index in [0.29, 0.717) is 18.0 Å². The van der Waals surface area contributed by atoms with Gasteiger partial charge in [-0.05, 0) is 37.6 Å². The standard InChI is InChI=1S/C23H28N4O3S/c1-15-7-8-19-18(11-15)20(25-16(2)12-22(24)28)13-23(26-19)27-9-10-31(29,30)21-6-4-3-5-17(21)14-27/h3-8,11,13,16,29-30H,9-10,12,14H2,1-2H3,(H2,24,28)(H,25,26). The highest BCUT2D eigenvalue weighted by atomic mass is 32.3. The van der Waals surface area contributed by atoms with Gasteiger partial charge in [-0.25, -0.2) is 4.98 Å². The summed E-state index contributed by atoms with van der Waals surface area (Å²) in [7, 11) is -2.85. The van der Waals surface area contributed by atoms with E-state index in [1.165, 1.54) is 0 Å². The van der Waals surface area contributed by atoms with Gasteiger partial charge in [0.15, 0.2) is 0 Å². The van der Waals surface area contributed by atoms with Gasteiger partial charge in [0.05, 0.1) is 16.2 Å². The number of pyridine rings is 1. The monoisotopic (exact) mass is 440 g/mol. The lowest BCUT2D eigenvalue weighted by Crippen LogP contribution is -2.27. The van der Waals surface area contributed by atoms with Crippen LogP contribution in [0.2, 0.25) is 0 Å². The van der Waals surface area contributed by atoms with Crippen LogP contribution in [-0.2, 0) is 11.3 Å². The van der Waals surface area contributed by atoms with Gasteiger partial charge in [0.2, 0.25) is 5.91 Å². The predicted octanol–water partition coefficient (Wildman–Crippen LogP) is 4.35. The van der Waals surface area contributed by atoms with Crippen molar-refractivity contribution in [3.05, 3.63) is 59.7 Å². The highest BCUT2D eigenvalue weighted by Crippen LogP contribution is 2.51. The Morgan fingerprint density at radius 1 is 1.26 bits per heavy atom. The van der Waals surface area contributed by atoms with Crippen molar-refractivity contribution in [2.24, 2.45) is 5.73 Å². The molecule has 7 nitrogen and oxygen atoms in total. The highest BCUT2D eigenvalue weighted by Gasteiger charge is 2.26. The quantitative estimate of drug-likeness (QED) is 0.469. The first kappa shape index (κ1) is 21.4. The number of rotatable bonds is 5. The van der Waals surface area contributed by atoms with Crippen LogP contribution in [0, 0.1) is 6.92 Å².